The monoisotopic (exact) mass is 306 g/mol. The SMILES string of the molecule is Cc1nn2cccnc2c1C(=O)Nc1cnn(CC(F)F)c1. The molecule has 3 aromatic rings. The fraction of sp³-hybridized carbons (Fsp3) is 0.231. The first kappa shape index (κ1) is 14.1. The van der Waals surface area contributed by atoms with Crippen LogP contribution in [-0.2, 0) is 6.54 Å². The lowest BCUT2D eigenvalue weighted by atomic mass is 10.2. The standard InChI is InChI=1S/C13H12F2N6O/c1-8-11(12-16-3-2-4-21(12)19-8)13(22)18-9-5-17-20(6-9)7-10(14)15/h2-6,10H,7H2,1H3,(H,18,22). The van der Waals surface area contributed by atoms with Crippen molar-refractivity contribution in [1.29, 1.82) is 0 Å². The van der Waals surface area contributed by atoms with Gasteiger partial charge in [-0.3, -0.25) is 9.48 Å². The number of fused-ring (bicyclic) bond motifs is 1. The number of nitrogens with zero attached hydrogens (tertiary/aromatic N) is 5. The molecule has 0 aliphatic carbocycles. The van der Waals surface area contributed by atoms with Crippen LogP contribution in [0.1, 0.15) is 16.1 Å². The van der Waals surface area contributed by atoms with E-state index >= 15 is 0 Å². The van der Waals surface area contributed by atoms with E-state index in [1.165, 1.54) is 16.9 Å². The molecule has 1 N–H and O–H groups in total. The van der Waals surface area contributed by atoms with Gasteiger partial charge in [0.2, 0.25) is 0 Å². The average Bonchev–Trinajstić information content (AvgIpc) is 3.01. The fourth-order valence-electron chi connectivity index (χ4n) is 2.13. The Morgan fingerprint density at radius 3 is 3.05 bits per heavy atom. The van der Waals surface area contributed by atoms with E-state index in [0.29, 0.717) is 22.6 Å². The lowest BCUT2D eigenvalue weighted by Crippen LogP contribution is -2.13. The molecule has 0 radical (unpaired) electrons. The van der Waals surface area contributed by atoms with Crippen LogP contribution in [0.25, 0.3) is 5.65 Å². The summed E-state index contributed by atoms with van der Waals surface area (Å²) in [6, 6.07) is 1.70. The van der Waals surface area contributed by atoms with Gasteiger partial charge in [0.1, 0.15) is 12.1 Å². The number of aryl methyl sites for hydroxylation is 1. The van der Waals surface area contributed by atoms with Crippen molar-refractivity contribution in [2.24, 2.45) is 0 Å². The highest BCUT2D eigenvalue weighted by atomic mass is 19.3. The molecule has 0 aromatic carbocycles. The van der Waals surface area contributed by atoms with Gasteiger partial charge in [-0.25, -0.2) is 18.3 Å². The maximum Gasteiger partial charge on any atom is 0.261 e. The van der Waals surface area contributed by atoms with Crippen LogP contribution >= 0.6 is 0 Å². The Kier molecular flexibility index (Phi) is 3.53. The van der Waals surface area contributed by atoms with Crippen molar-refractivity contribution in [3.8, 4) is 0 Å². The second kappa shape index (κ2) is 5.51. The minimum Gasteiger partial charge on any atom is -0.319 e. The maximum atomic E-state index is 12.4. The number of halogens is 2. The Bertz CT molecular complexity index is 825. The molecule has 3 heterocycles. The maximum absolute atomic E-state index is 12.4. The van der Waals surface area contributed by atoms with Crippen molar-refractivity contribution in [3.63, 3.8) is 0 Å². The molecular formula is C13H12F2N6O. The first-order valence-corrected chi connectivity index (χ1v) is 6.46. The van der Waals surface area contributed by atoms with Gasteiger partial charge in [0.05, 0.1) is 17.6 Å². The summed E-state index contributed by atoms with van der Waals surface area (Å²) in [5.74, 6) is -0.414. The molecule has 0 aliphatic rings. The Balaban J connectivity index is 1.84. The highest BCUT2D eigenvalue weighted by molar-refractivity contribution is 6.09. The van der Waals surface area contributed by atoms with Crippen LogP contribution < -0.4 is 5.32 Å². The number of anilines is 1. The van der Waals surface area contributed by atoms with E-state index in [1.54, 1.807) is 25.4 Å². The third-order valence-corrected chi connectivity index (χ3v) is 3.01. The first-order valence-electron chi connectivity index (χ1n) is 6.46. The molecule has 0 saturated carbocycles. The van der Waals surface area contributed by atoms with Gasteiger partial charge in [-0.2, -0.15) is 10.2 Å². The summed E-state index contributed by atoms with van der Waals surface area (Å²) in [7, 11) is 0. The predicted octanol–water partition coefficient (Wildman–Crippen LogP) is 1.75. The van der Waals surface area contributed by atoms with E-state index in [1.807, 2.05) is 0 Å². The number of rotatable bonds is 4. The van der Waals surface area contributed by atoms with Crippen LogP contribution in [0.5, 0.6) is 0 Å². The zero-order valence-corrected chi connectivity index (χ0v) is 11.6. The molecule has 1 amide bonds. The van der Waals surface area contributed by atoms with Crippen LogP contribution in [-0.4, -0.2) is 36.7 Å². The summed E-state index contributed by atoms with van der Waals surface area (Å²) in [6.07, 6.45) is 3.41. The second-order valence-corrected chi connectivity index (χ2v) is 4.64. The molecule has 114 valence electrons. The van der Waals surface area contributed by atoms with Gasteiger partial charge in [-0.15, -0.1) is 0 Å². The zero-order chi connectivity index (χ0) is 15.7. The number of carbonyl (C=O) groups excluding carboxylic acids is 1. The number of alkyl halides is 2. The smallest absolute Gasteiger partial charge is 0.261 e. The van der Waals surface area contributed by atoms with Crippen molar-refractivity contribution < 1.29 is 13.6 Å². The topological polar surface area (TPSA) is 77.1 Å². The number of aromatic nitrogens is 5. The van der Waals surface area contributed by atoms with Gasteiger partial charge in [0.15, 0.2) is 5.65 Å². The van der Waals surface area contributed by atoms with Gasteiger partial charge in [-0.05, 0) is 13.0 Å². The molecule has 22 heavy (non-hydrogen) atoms. The summed E-state index contributed by atoms with van der Waals surface area (Å²) in [4.78, 5) is 16.5. The van der Waals surface area contributed by atoms with Crippen LogP contribution in [0.2, 0.25) is 0 Å². The highest BCUT2D eigenvalue weighted by Gasteiger charge is 2.18. The third-order valence-electron chi connectivity index (χ3n) is 3.01. The molecule has 0 saturated heterocycles. The molecule has 7 nitrogen and oxygen atoms in total. The van der Waals surface area contributed by atoms with E-state index in [2.05, 4.69) is 20.5 Å². The molecule has 0 unspecified atom stereocenters. The molecule has 0 fully saturated rings. The van der Waals surface area contributed by atoms with Gasteiger partial charge in [-0.1, -0.05) is 0 Å². The normalized spacial score (nSPS) is 11.3. The number of hydrogen-bond donors (Lipinski definition) is 1. The summed E-state index contributed by atoms with van der Waals surface area (Å²) < 4.78 is 27.1. The lowest BCUT2D eigenvalue weighted by molar-refractivity contribution is 0.102. The molecule has 3 aromatic heterocycles. The summed E-state index contributed by atoms with van der Waals surface area (Å²) in [5.41, 5.74) is 1.62. The van der Waals surface area contributed by atoms with Crippen LogP contribution in [0.3, 0.4) is 0 Å². The van der Waals surface area contributed by atoms with Crippen molar-refractivity contribution in [3.05, 3.63) is 42.1 Å². The zero-order valence-electron chi connectivity index (χ0n) is 11.6. The molecule has 9 heteroatoms. The van der Waals surface area contributed by atoms with Crippen LogP contribution in [0.4, 0.5) is 14.5 Å². The molecule has 0 bridgehead atoms. The molecule has 0 spiro atoms. The van der Waals surface area contributed by atoms with Crippen molar-refractivity contribution in [2.45, 2.75) is 19.9 Å². The summed E-state index contributed by atoms with van der Waals surface area (Å²) in [5, 5.41) is 10.6. The van der Waals surface area contributed by atoms with Gasteiger partial charge in [0, 0.05) is 18.6 Å². The molecule has 0 aliphatic heterocycles. The van der Waals surface area contributed by atoms with Gasteiger partial charge in [0.25, 0.3) is 12.3 Å². The summed E-state index contributed by atoms with van der Waals surface area (Å²) >= 11 is 0. The van der Waals surface area contributed by atoms with Crippen LogP contribution in [0.15, 0.2) is 30.9 Å². The molecular weight excluding hydrogens is 294 g/mol. The number of carbonyl (C=O) groups is 1. The summed E-state index contributed by atoms with van der Waals surface area (Å²) in [6.45, 7) is 1.18. The van der Waals surface area contributed by atoms with E-state index in [4.69, 9.17) is 0 Å². The molecule has 3 rings (SSSR count). The highest BCUT2D eigenvalue weighted by Crippen LogP contribution is 2.15. The Labute approximate surface area is 123 Å². The van der Waals surface area contributed by atoms with Gasteiger partial charge < -0.3 is 5.32 Å². The quantitative estimate of drug-likeness (QED) is 0.796. The van der Waals surface area contributed by atoms with E-state index in [-0.39, 0.29) is 0 Å². The number of nitrogens with one attached hydrogen (secondary N) is 1. The van der Waals surface area contributed by atoms with Crippen molar-refractivity contribution >= 4 is 17.2 Å². The minimum absolute atomic E-state index is 0.334. The number of amides is 1. The Morgan fingerprint density at radius 2 is 2.27 bits per heavy atom. The first-order chi connectivity index (χ1) is 10.5. The van der Waals surface area contributed by atoms with E-state index in [9.17, 15) is 13.6 Å². The van der Waals surface area contributed by atoms with Crippen molar-refractivity contribution in [1.82, 2.24) is 24.4 Å². The van der Waals surface area contributed by atoms with E-state index < -0.39 is 18.9 Å². The average molecular weight is 306 g/mol. The van der Waals surface area contributed by atoms with Crippen molar-refractivity contribution in [2.75, 3.05) is 5.32 Å². The van der Waals surface area contributed by atoms with Gasteiger partial charge >= 0.3 is 0 Å². The number of hydrogen-bond acceptors (Lipinski definition) is 4. The predicted molar refractivity (Wildman–Crippen MR) is 73.9 cm³/mol. The minimum atomic E-state index is -2.51. The Hall–Kier alpha value is -2.84. The Morgan fingerprint density at radius 1 is 1.45 bits per heavy atom. The third kappa shape index (κ3) is 2.65. The lowest BCUT2D eigenvalue weighted by Gasteiger charge is -2.01. The largest absolute Gasteiger partial charge is 0.319 e. The fourth-order valence-corrected chi connectivity index (χ4v) is 2.13. The second-order valence-electron chi connectivity index (χ2n) is 4.64. The van der Waals surface area contributed by atoms with E-state index in [0.717, 1.165) is 4.68 Å². The van der Waals surface area contributed by atoms with Crippen LogP contribution in [0, 0.1) is 6.92 Å². The molecule has 0 atom stereocenters.